The van der Waals surface area contributed by atoms with Crippen molar-refractivity contribution in [3.05, 3.63) is 46.1 Å². The fourth-order valence-corrected chi connectivity index (χ4v) is 2.58. The standard InChI is InChI=1S/C13H10ClN3S/c1-8-9(2)16-17-13(10(8)7-15)18-12-6-4-3-5-11(12)14/h3-6H,1-2H3. The van der Waals surface area contributed by atoms with Gasteiger partial charge >= 0.3 is 0 Å². The fraction of sp³-hybridized carbons (Fsp3) is 0.154. The van der Waals surface area contributed by atoms with Crippen LogP contribution in [0.3, 0.4) is 0 Å². The Labute approximate surface area is 115 Å². The van der Waals surface area contributed by atoms with Crippen LogP contribution in [0.2, 0.25) is 5.02 Å². The highest BCUT2D eigenvalue weighted by atomic mass is 35.5. The summed E-state index contributed by atoms with van der Waals surface area (Å²) in [6.07, 6.45) is 0. The van der Waals surface area contributed by atoms with Gasteiger partial charge in [0.25, 0.3) is 0 Å². The van der Waals surface area contributed by atoms with Crippen LogP contribution in [0.25, 0.3) is 0 Å². The first-order chi connectivity index (χ1) is 8.63. The third kappa shape index (κ3) is 2.47. The highest BCUT2D eigenvalue weighted by molar-refractivity contribution is 7.99. The molecule has 90 valence electrons. The van der Waals surface area contributed by atoms with Crippen LogP contribution in [-0.4, -0.2) is 10.2 Å². The Morgan fingerprint density at radius 2 is 1.94 bits per heavy atom. The SMILES string of the molecule is Cc1nnc(Sc2ccccc2Cl)c(C#N)c1C. The molecule has 1 aromatic heterocycles. The molecule has 0 saturated carbocycles. The topological polar surface area (TPSA) is 49.6 Å². The van der Waals surface area contributed by atoms with Crippen molar-refractivity contribution in [1.29, 1.82) is 5.26 Å². The summed E-state index contributed by atoms with van der Waals surface area (Å²) in [5.74, 6) is 0. The number of aryl methyl sites for hydroxylation is 1. The van der Waals surface area contributed by atoms with Crippen LogP contribution in [0.4, 0.5) is 0 Å². The van der Waals surface area contributed by atoms with Crippen LogP contribution in [0.1, 0.15) is 16.8 Å². The molecular weight excluding hydrogens is 266 g/mol. The Kier molecular flexibility index (Phi) is 3.85. The molecule has 5 heteroatoms. The Bertz CT molecular complexity index is 635. The molecule has 0 fully saturated rings. The van der Waals surface area contributed by atoms with Gasteiger partial charge in [0, 0.05) is 4.90 Å². The lowest BCUT2D eigenvalue weighted by Gasteiger charge is -2.07. The summed E-state index contributed by atoms with van der Waals surface area (Å²) >= 11 is 7.45. The molecule has 0 spiro atoms. The Morgan fingerprint density at radius 1 is 1.22 bits per heavy atom. The minimum Gasteiger partial charge on any atom is -0.192 e. The molecule has 0 bridgehead atoms. The van der Waals surface area contributed by atoms with Crippen LogP contribution in [0.15, 0.2) is 34.2 Å². The summed E-state index contributed by atoms with van der Waals surface area (Å²) in [5, 5.41) is 18.6. The summed E-state index contributed by atoms with van der Waals surface area (Å²) < 4.78 is 0. The van der Waals surface area contributed by atoms with Crippen molar-refractivity contribution in [2.45, 2.75) is 23.8 Å². The Morgan fingerprint density at radius 3 is 2.61 bits per heavy atom. The Hall–Kier alpha value is -1.57. The fourth-order valence-electron chi connectivity index (χ4n) is 1.42. The lowest BCUT2D eigenvalue weighted by Crippen LogP contribution is -1.98. The minimum atomic E-state index is 0.562. The van der Waals surface area contributed by atoms with E-state index in [1.807, 2.05) is 38.1 Å². The maximum atomic E-state index is 9.21. The molecule has 1 aromatic carbocycles. The maximum Gasteiger partial charge on any atom is 0.142 e. The number of benzene rings is 1. The van der Waals surface area contributed by atoms with Crippen molar-refractivity contribution in [3.63, 3.8) is 0 Å². The zero-order valence-corrected chi connectivity index (χ0v) is 11.5. The number of nitriles is 1. The van der Waals surface area contributed by atoms with E-state index in [0.29, 0.717) is 15.6 Å². The average molecular weight is 276 g/mol. The number of halogens is 1. The molecule has 0 N–H and O–H groups in total. The second-order valence-electron chi connectivity index (χ2n) is 3.73. The van der Waals surface area contributed by atoms with E-state index in [4.69, 9.17) is 11.6 Å². The van der Waals surface area contributed by atoms with E-state index < -0.39 is 0 Å². The largest absolute Gasteiger partial charge is 0.192 e. The predicted octanol–water partition coefficient (Wildman–Crippen LogP) is 3.77. The monoisotopic (exact) mass is 275 g/mol. The van der Waals surface area contributed by atoms with Gasteiger partial charge < -0.3 is 0 Å². The smallest absolute Gasteiger partial charge is 0.142 e. The number of hydrogen-bond acceptors (Lipinski definition) is 4. The van der Waals surface area contributed by atoms with Crippen molar-refractivity contribution in [2.24, 2.45) is 0 Å². The molecule has 0 unspecified atom stereocenters. The van der Waals surface area contributed by atoms with Gasteiger partial charge in [-0.15, -0.1) is 5.10 Å². The van der Waals surface area contributed by atoms with E-state index in [9.17, 15) is 5.26 Å². The summed E-state index contributed by atoms with van der Waals surface area (Å²) in [7, 11) is 0. The molecule has 0 radical (unpaired) electrons. The van der Waals surface area contributed by atoms with Gasteiger partial charge in [0.05, 0.1) is 16.3 Å². The third-order valence-corrected chi connectivity index (χ3v) is 4.07. The number of rotatable bonds is 2. The van der Waals surface area contributed by atoms with Gasteiger partial charge in [0.15, 0.2) is 0 Å². The van der Waals surface area contributed by atoms with Crippen molar-refractivity contribution >= 4 is 23.4 Å². The quantitative estimate of drug-likeness (QED) is 0.837. The highest BCUT2D eigenvalue weighted by Crippen LogP contribution is 2.34. The number of aromatic nitrogens is 2. The van der Waals surface area contributed by atoms with Gasteiger partial charge in [-0.2, -0.15) is 10.4 Å². The molecule has 3 nitrogen and oxygen atoms in total. The molecule has 0 amide bonds. The van der Waals surface area contributed by atoms with Crippen molar-refractivity contribution < 1.29 is 0 Å². The van der Waals surface area contributed by atoms with Crippen LogP contribution in [0, 0.1) is 25.2 Å². The first-order valence-electron chi connectivity index (χ1n) is 5.30. The average Bonchev–Trinajstić information content (AvgIpc) is 2.37. The molecule has 18 heavy (non-hydrogen) atoms. The molecule has 1 heterocycles. The number of nitrogens with zero attached hydrogens (tertiary/aromatic N) is 3. The number of hydrogen-bond donors (Lipinski definition) is 0. The Balaban J connectivity index is 2.45. The third-order valence-electron chi connectivity index (χ3n) is 2.58. The van der Waals surface area contributed by atoms with Crippen LogP contribution >= 0.6 is 23.4 Å². The van der Waals surface area contributed by atoms with E-state index in [1.54, 1.807) is 0 Å². The lowest BCUT2D eigenvalue weighted by atomic mass is 10.1. The second kappa shape index (κ2) is 5.38. The summed E-state index contributed by atoms with van der Waals surface area (Å²) in [5.41, 5.74) is 2.20. The van der Waals surface area contributed by atoms with Gasteiger partial charge in [0.1, 0.15) is 11.1 Å². The highest BCUT2D eigenvalue weighted by Gasteiger charge is 2.13. The van der Waals surface area contributed by atoms with Gasteiger partial charge in [0.2, 0.25) is 0 Å². The van der Waals surface area contributed by atoms with Gasteiger partial charge in [-0.3, -0.25) is 0 Å². The minimum absolute atomic E-state index is 0.562. The zero-order chi connectivity index (χ0) is 13.1. The molecule has 0 aliphatic heterocycles. The van der Waals surface area contributed by atoms with Crippen LogP contribution in [-0.2, 0) is 0 Å². The van der Waals surface area contributed by atoms with E-state index >= 15 is 0 Å². The summed E-state index contributed by atoms with van der Waals surface area (Å²) in [6.45, 7) is 3.71. The maximum absolute atomic E-state index is 9.21. The van der Waals surface area contributed by atoms with Gasteiger partial charge in [-0.1, -0.05) is 35.5 Å². The molecule has 2 rings (SSSR count). The molecular formula is C13H10ClN3S. The zero-order valence-electron chi connectivity index (χ0n) is 9.94. The van der Waals surface area contributed by atoms with Crippen molar-refractivity contribution in [2.75, 3.05) is 0 Å². The molecule has 0 aliphatic rings. The van der Waals surface area contributed by atoms with E-state index in [-0.39, 0.29) is 0 Å². The molecule has 0 saturated heterocycles. The van der Waals surface area contributed by atoms with Crippen LogP contribution in [0.5, 0.6) is 0 Å². The molecule has 0 aliphatic carbocycles. The predicted molar refractivity (Wildman–Crippen MR) is 71.8 cm³/mol. The van der Waals surface area contributed by atoms with Crippen molar-refractivity contribution in [3.8, 4) is 6.07 Å². The van der Waals surface area contributed by atoms with Gasteiger partial charge in [-0.25, -0.2) is 0 Å². The first kappa shape index (κ1) is 12.9. The molecule has 2 aromatic rings. The van der Waals surface area contributed by atoms with Crippen molar-refractivity contribution in [1.82, 2.24) is 10.2 Å². The van der Waals surface area contributed by atoms with Crippen LogP contribution < -0.4 is 0 Å². The van der Waals surface area contributed by atoms with E-state index in [1.165, 1.54) is 11.8 Å². The van der Waals surface area contributed by atoms with E-state index in [2.05, 4.69) is 16.3 Å². The molecule has 0 atom stereocenters. The summed E-state index contributed by atoms with van der Waals surface area (Å²) in [6, 6.07) is 9.64. The van der Waals surface area contributed by atoms with E-state index in [0.717, 1.165) is 16.2 Å². The normalized spacial score (nSPS) is 10.1. The van der Waals surface area contributed by atoms with Gasteiger partial charge in [-0.05, 0) is 31.5 Å². The lowest BCUT2D eigenvalue weighted by molar-refractivity contribution is 0.871. The second-order valence-corrected chi connectivity index (χ2v) is 5.17. The first-order valence-corrected chi connectivity index (χ1v) is 6.49. The summed E-state index contributed by atoms with van der Waals surface area (Å²) in [4.78, 5) is 0.869.